The molecule has 2 aromatic rings. The van der Waals surface area contributed by atoms with Gasteiger partial charge < -0.3 is 4.74 Å². The predicted octanol–water partition coefficient (Wildman–Crippen LogP) is 6.16. The highest BCUT2D eigenvalue weighted by Crippen LogP contribution is 2.39. The number of thioether (sulfide) groups is 1. The van der Waals surface area contributed by atoms with Crippen molar-refractivity contribution in [3.05, 3.63) is 64.8 Å². The van der Waals surface area contributed by atoms with Gasteiger partial charge >= 0.3 is 0 Å². The molecule has 0 aromatic heterocycles. The van der Waals surface area contributed by atoms with Crippen LogP contribution in [0.5, 0.6) is 5.75 Å². The monoisotopic (exact) mass is 424 g/mol. The SMILES string of the molecule is CCOc1cccc(/C=C2\SC(=Nc3ccccc3F)N(C3CCCCC3)C2=O)c1. The summed E-state index contributed by atoms with van der Waals surface area (Å²) in [5.74, 6) is 0.332. The zero-order valence-electron chi connectivity index (χ0n) is 17.0. The van der Waals surface area contributed by atoms with Crippen molar-refractivity contribution in [2.45, 2.75) is 45.1 Å². The van der Waals surface area contributed by atoms with Crippen molar-refractivity contribution in [2.24, 2.45) is 4.99 Å². The lowest BCUT2D eigenvalue weighted by molar-refractivity contribution is -0.124. The van der Waals surface area contributed by atoms with Crippen LogP contribution in [0.1, 0.15) is 44.6 Å². The maximum atomic E-state index is 14.2. The van der Waals surface area contributed by atoms with E-state index in [1.165, 1.54) is 24.2 Å². The minimum absolute atomic E-state index is 0.0520. The second-order valence-electron chi connectivity index (χ2n) is 7.43. The van der Waals surface area contributed by atoms with Gasteiger partial charge in [0.2, 0.25) is 0 Å². The molecule has 156 valence electrons. The number of halogens is 1. The molecule has 1 aliphatic carbocycles. The van der Waals surface area contributed by atoms with Crippen molar-refractivity contribution < 1.29 is 13.9 Å². The quantitative estimate of drug-likeness (QED) is 0.540. The average Bonchev–Trinajstić information content (AvgIpc) is 3.05. The Bertz CT molecular complexity index is 983. The molecule has 0 bridgehead atoms. The topological polar surface area (TPSA) is 41.9 Å². The van der Waals surface area contributed by atoms with E-state index in [0.717, 1.165) is 37.0 Å². The van der Waals surface area contributed by atoms with Crippen LogP contribution in [-0.2, 0) is 4.79 Å². The summed E-state index contributed by atoms with van der Waals surface area (Å²) in [5.41, 5.74) is 1.15. The number of amidine groups is 1. The Kier molecular flexibility index (Phi) is 6.53. The molecule has 0 N–H and O–H groups in total. The summed E-state index contributed by atoms with van der Waals surface area (Å²) in [6.07, 6.45) is 7.17. The van der Waals surface area contributed by atoms with E-state index in [9.17, 15) is 9.18 Å². The number of para-hydroxylation sites is 1. The summed E-state index contributed by atoms with van der Waals surface area (Å²) in [5, 5.41) is 0.559. The van der Waals surface area contributed by atoms with Gasteiger partial charge in [-0.25, -0.2) is 9.38 Å². The van der Waals surface area contributed by atoms with Crippen LogP contribution in [0.2, 0.25) is 0 Å². The van der Waals surface area contributed by atoms with Gasteiger partial charge in [-0.1, -0.05) is 43.5 Å². The third kappa shape index (κ3) is 4.59. The molecule has 30 heavy (non-hydrogen) atoms. The smallest absolute Gasteiger partial charge is 0.267 e. The molecule has 1 amide bonds. The fourth-order valence-electron chi connectivity index (χ4n) is 3.88. The fourth-order valence-corrected chi connectivity index (χ4v) is 4.94. The first-order valence-electron chi connectivity index (χ1n) is 10.4. The second kappa shape index (κ2) is 9.47. The van der Waals surface area contributed by atoms with Crippen molar-refractivity contribution in [3.8, 4) is 5.75 Å². The third-order valence-electron chi connectivity index (χ3n) is 5.31. The van der Waals surface area contributed by atoms with Crippen molar-refractivity contribution in [1.29, 1.82) is 0 Å². The van der Waals surface area contributed by atoms with Gasteiger partial charge in [0, 0.05) is 6.04 Å². The molecule has 0 unspecified atom stereocenters. The molecular weight excluding hydrogens is 399 g/mol. The lowest BCUT2D eigenvalue weighted by Crippen LogP contribution is -2.40. The first kappa shape index (κ1) is 20.7. The fraction of sp³-hybridized carbons (Fsp3) is 0.333. The molecular formula is C24H25FN2O2S. The second-order valence-corrected chi connectivity index (χ2v) is 8.44. The Hall–Kier alpha value is -2.60. The van der Waals surface area contributed by atoms with E-state index in [1.54, 1.807) is 23.1 Å². The molecule has 0 radical (unpaired) electrons. The molecule has 1 saturated heterocycles. The highest BCUT2D eigenvalue weighted by Gasteiger charge is 2.38. The van der Waals surface area contributed by atoms with E-state index in [0.29, 0.717) is 16.7 Å². The Morgan fingerprint density at radius 3 is 2.73 bits per heavy atom. The van der Waals surface area contributed by atoms with Gasteiger partial charge in [-0.2, -0.15) is 0 Å². The Labute approximate surface area is 180 Å². The van der Waals surface area contributed by atoms with Gasteiger partial charge in [0.25, 0.3) is 5.91 Å². The van der Waals surface area contributed by atoms with E-state index in [-0.39, 0.29) is 23.5 Å². The Morgan fingerprint density at radius 2 is 1.97 bits per heavy atom. The van der Waals surface area contributed by atoms with Crippen LogP contribution in [0, 0.1) is 5.82 Å². The van der Waals surface area contributed by atoms with Crippen LogP contribution in [0.4, 0.5) is 10.1 Å². The Morgan fingerprint density at radius 1 is 1.17 bits per heavy atom. The number of rotatable bonds is 5. The normalized spacial score (nSPS) is 20.3. The number of ether oxygens (including phenoxy) is 1. The molecule has 4 rings (SSSR count). The van der Waals surface area contributed by atoms with Crippen molar-refractivity contribution in [2.75, 3.05) is 6.61 Å². The average molecular weight is 425 g/mol. The van der Waals surface area contributed by atoms with Gasteiger partial charge in [0.05, 0.1) is 11.5 Å². The predicted molar refractivity (Wildman–Crippen MR) is 120 cm³/mol. The Balaban J connectivity index is 1.69. The zero-order chi connectivity index (χ0) is 20.9. The first-order chi connectivity index (χ1) is 14.7. The summed E-state index contributed by atoms with van der Waals surface area (Å²) in [6, 6.07) is 14.2. The zero-order valence-corrected chi connectivity index (χ0v) is 17.8. The summed E-state index contributed by atoms with van der Waals surface area (Å²) < 4.78 is 19.8. The van der Waals surface area contributed by atoms with E-state index >= 15 is 0 Å². The highest BCUT2D eigenvalue weighted by molar-refractivity contribution is 8.18. The van der Waals surface area contributed by atoms with E-state index in [4.69, 9.17) is 4.74 Å². The van der Waals surface area contributed by atoms with Gasteiger partial charge in [-0.15, -0.1) is 0 Å². The largest absolute Gasteiger partial charge is 0.494 e. The van der Waals surface area contributed by atoms with Crippen LogP contribution in [0.25, 0.3) is 6.08 Å². The number of benzene rings is 2. The van der Waals surface area contributed by atoms with Crippen molar-refractivity contribution in [3.63, 3.8) is 0 Å². The molecule has 6 heteroatoms. The number of carbonyl (C=O) groups is 1. The van der Waals surface area contributed by atoms with Crippen molar-refractivity contribution in [1.82, 2.24) is 4.90 Å². The highest BCUT2D eigenvalue weighted by atomic mass is 32.2. The van der Waals surface area contributed by atoms with Crippen LogP contribution >= 0.6 is 11.8 Å². The van der Waals surface area contributed by atoms with Gasteiger partial charge in [0.1, 0.15) is 17.3 Å². The van der Waals surface area contributed by atoms with E-state index in [1.807, 2.05) is 37.3 Å². The number of aliphatic imine (C=N–C) groups is 1. The lowest BCUT2D eigenvalue weighted by Gasteiger charge is -2.30. The molecule has 2 aliphatic rings. The molecule has 1 heterocycles. The summed E-state index contributed by atoms with van der Waals surface area (Å²) in [7, 11) is 0. The first-order valence-corrected chi connectivity index (χ1v) is 11.3. The minimum Gasteiger partial charge on any atom is -0.494 e. The summed E-state index contributed by atoms with van der Waals surface area (Å²) in [6.45, 7) is 2.53. The molecule has 2 fully saturated rings. The van der Waals surface area contributed by atoms with Gasteiger partial charge in [0.15, 0.2) is 5.17 Å². The molecule has 1 aliphatic heterocycles. The molecule has 1 saturated carbocycles. The number of hydrogen-bond donors (Lipinski definition) is 0. The molecule has 0 atom stereocenters. The molecule has 2 aromatic carbocycles. The maximum Gasteiger partial charge on any atom is 0.267 e. The number of hydrogen-bond acceptors (Lipinski definition) is 4. The van der Waals surface area contributed by atoms with E-state index in [2.05, 4.69) is 4.99 Å². The van der Waals surface area contributed by atoms with Crippen LogP contribution < -0.4 is 4.74 Å². The van der Waals surface area contributed by atoms with Crippen molar-refractivity contribution >= 4 is 34.6 Å². The lowest BCUT2D eigenvalue weighted by atomic mass is 9.94. The minimum atomic E-state index is -0.386. The standard InChI is InChI=1S/C24H25FN2O2S/c1-2-29-19-12-8-9-17(15-19)16-22-23(28)27(18-10-4-3-5-11-18)24(30-22)26-21-14-7-6-13-20(21)25/h6-9,12-16,18H,2-5,10-11H2,1H3/b22-16-,26-24?. The maximum absolute atomic E-state index is 14.2. The summed E-state index contributed by atoms with van der Waals surface area (Å²) in [4.78, 5) is 20.3. The summed E-state index contributed by atoms with van der Waals surface area (Å²) >= 11 is 1.32. The van der Waals surface area contributed by atoms with Crippen LogP contribution in [0.15, 0.2) is 58.4 Å². The number of amides is 1. The third-order valence-corrected chi connectivity index (χ3v) is 6.30. The van der Waals surface area contributed by atoms with Crippen LogP contribution in [0.3, 0.4) is 0 Å². The van der Waals surface area contributed by atoms with E-state index < -0.39 is 0 Å². The van der Waals surface area contributed by atoms with Gasteiger partial charge in [-0.3, -0.25) is 9.69 Å². The molecule has 0 spiro atoms. The van der Waals surface area contributed by atoms with Gasteiger partial charge in [-0.05, 0) is 67.4 Å². The molecule has 4 nitrogen and oxygen atoms in total. The number of nitrogens with zero attached hydrogens (tertiary/aromatic N) is 2. The van der Waals surface area contributed by atoms with Crippen LogP contribution in [-0.4, -0.2) is 28.6 Å². The number of carbonyl (C=O) groups excluding carboxylic acids is 1.